The van der Waals surface area contributed by atoms with Gasteiger partial charge in [-0.05, 0) is 38.8 Å². The first-order chi connectivity index (χ1) is 6.79. The monoisotopic (exact) mass is 219 g/mol. The van der Waals surface area contributed by atoms with Crippen LogP contribution >= 0.6 is 0 Å². The summed E-state index contributed by atoms with van der Waals surface area (Å²) < 4.78 is 20.6. The Morgan fingerprint density at radius 2 is 2.00 bits per heavy atom. The molecule has 0 aromatic heterocycles. The van der Waals surface area contributed by atoms with Crippen molar-refractivity contribution in [3.63, 3.8) is 0 Å². The van der Waals surface area contributed by atoms with Crippen molar-refractivity contribution in [1.29, 1.82) is 0 Å². The van der Waals surface area contributed by atoms with Crippen LogP contribution in [0.2, 0.25) is 0 Å². The summed E-state index contributed by atoms with van der Waals surface area (Å²) in [4.78, 5) is 0. The number of rotatable bonds is 4. The molecule has 14 heavy (non-hydrogen) atoms. The number of hydrogen-bond donors (Lipinski definition) is 2. The maximum Gasteiger partial charge on any atom is 0.0227 e. The van der Waals surface area contributed by atoms with Gasteiger partial charge in [0.25, 0.3) is 0 Å². The minimum Gasteiger partial charge on any atom is -0.772 e. The number of hydrogen-bond acceptors (Lipinski definition) is 4. The summed E-state index contributed by atoms with van der Waals surface area (Å²) in [5.74, 6) is 0.231. The molecule has 0 radical (unpaired) electrons. The molecule has 5 heteroatoms. The predicted molar refractivity (Wildman–Crippen MR) is 56.9 cm³/mol. The zero-order valence-electron chi connectivity index (χ0n) is 8.46. The van der Waals surface area contributed by atoms with Gasteiger partial charge in [-0.1, -0.05) is 11.1 Å². The van der Waals surface area contributed by atoms with E-state index < -0.39 is 11.1 Å². The first-order valence-corrected chi connectivity index (χ1v) is 6.53. The van der Waals surface area contributed by atoms with Crippen molar-refractivity contribution >= 4 is 11.1 Å². The second-order valence-corrected chi connectivity index (χ2v) is 4.71. The van der Waals surface area contributed by atoms with E-state index in [1.54, 1.807) is 0 Å². The van der Waals surface area contributed by atoms with Crippen molar-refractivity contribution in [3.8, 4) is 0 Å². The summed E-state index contributed by atoms with van der Waals surface area (Å²) in [7, 11) is 0. The molecular formula is C9H19N2O2S-. The van der Waals surface area contributed by atoms with Crippen LogP contribution in [0.1, 0.15) is 25.7 Å². The van der Waals surface area contributed by atoms with Crippen LogP contribution in [0.25, 0.3) is 0 Å². The van der Waals surface area contributed by atoms with E-state index in [0.29, 0.717) is 12.6 Å². The Kier molecular flexibility index (Phi) is 6.34. The van der Waals surface area contributed by atoms with Gasteiger partial charge in [-0.25, -0.2) is 0 Å². The highest BCUT2D eigenvalue weighted by Crippen LogP contribution is 2.06. The molecule has 1 heterocycles. The highest BCUT2D eigenvalue weighted by Gasteiger charge is 2.09. The lowest BCUT2D eigenvalue weighted by Crippen LogP contribution is -2.35. The van der Waals surface area contributed by atoms with Crippen LogP contribution in [0.3, 0.4) is 0 Å². The average molecular weight is 219 g/mol. The van der Waals surface area contributed by atoms with Crippen LogP contribution in [0.4, 0.5) is 0 Å². The molecule has 1 saturated heterocycles. The smallest absolute Gasteiger partial charge is 0.0227 e. The molecule has 1 atom stereocenters. The fraction of sp³-hybridized carbons (Fsp3) is 1.00. The summed E-state index contributed by atoms with van der Waals surface area (Å²) in [6.45, 7) is 2.77. The molecule has 0 saturated carbocycles. The summed E-state index contributed by atoms with van der Waals surface area (Å²) in [5, 5.41) is 6.66. The molecule has 0 bridgehead atoms. The lowest BCUT2D eigenvalue weighted by Gasteiger charge is -2.21. The van der Waals surface area contributed by atoms with Gasteiger partial charge in [-0.15, -0.1) is 0 Å². The standard InChI is InChI=1S/C9H20N2O2S/c12-14(13)8-7-11-9-3-1-5-10-6-2-4-9/h9-11H,1-8H2,(H,12,13)/p-1. The third-order valence-electron chi connectivity index (χ3n) is 2.51. The molecule has 0 spiro atoms. The maximum absolute atomic E-state index is 10.3. The van der Waals surface area contributed by atoms with E-state index in [9.17, 15) is 8.76 Å². The van der Waals surface area contributed by atoms with Crippen molar-refractivity contribution in [2.45, 2.75) is 31.7 Å². The quantitative estimate of drug-likeness (QED) is 0.653. The maximum atomic E-state index is 10.3. The SMILES string of the molecule is O=S([O-])CCNC1CCCNCCC1. The van der Waals surface area contributed by atoms with Crippen molar-refractivity contribution in [3.05, 3.63) is 0 Å². The highest BCUT2D eigenvalue weighted by atomic mass is 32.2. The highest BCUT2D eigenvalue weighted by molar-refractivity contribution is 7.79. The van der Waals surface area contributed by atoms with Crippen LogP contribution in [-0.4, -0.2) is 40.2 Å². The van der Waals surface area contributed by atoms with Gasteiger partial charge in [0.2, 0.25) is 0 Å². The molecule has 1 rings (SSSR count). The molecule has 1 fully saturated rings. The Balaban J connectivity index is 2.10. The van der Waals surface area contributed by atoms with E-state index in [1.165, 1.54) is 12.8 Å². The summed E-state index contributed by atoms with van der Waals surface area (Å²) in [6.07, 6.45) is 4.66. The van der Waals surface area contributed by atoms with Gasteiger partial charge in [0.15, 0.2) is 0 Å². The van der Waals surface area contributed by atoms with E-state index in [1.807, 2.05) is 0 Å². The van der Waals surface area contributed by atoms with Gasteiger partial charge in [0.05, 0.1) is 0 Å². The van der Waals surface area contributed by atoms with E-state index >= 15 is 0 Å². The first-order valence-electron chi connectivity index (χ1n) is 5.29. The van der Waals surface area contributed by atoms with Gasteiger partial charge in [-0.3, -0.25) is 4.21 Å². The Morgan fingerprint density at radius 1 is 1.36 bits per heavy atom. The lowest BCUT2D eigenvalue weighted by atomic mass is 10.0. The van der Waals surface area contributed by atoms with Crippen molar-refractivity contribution in [2.24, 2.45) is 0 Å². The minimum atomic E-state index is -1.90. The van der Waals surface area contributed by atoms with Crippen LogP contribution in [0, 0.1) is 0 Å². The molecule has 4 nitrogen and oxygen atoms in total. The summed E-state index contributed by atoms with van der Waals surface area (Å²) in [6, 6.07) is 0.514. The molecule has 1 unspecified atom stereocenters. The first kappa shape index (κ1) is 12.1. The minimum absolute atomic E-state index is 0.231. The topological polar surface area (TPSA) is 64.2 Å². The van der Waals surface area contributed by atoms with Gasteiger partial charge >= 0.3 is 0 Å². The molecule has 1 aliphatic heterocycles. The van der Waals surface area contributed by atoms with Crippen LogP contribution in [0.15, 0.2) is 0 Å². The van der Waals surface area contributed by atoms with E-state index in [2.05, 4.69) is 10.6 Å². The Bertz CT molecular complexity index is 170. The molecule has 84 valence electrons. The lowest BCUT2D eigenvalue weighted by molar-refractivity contribution is 0.404. The molecule has 0 aliphatic carbocycles. The Labute approximate surface area is 88.1 Å². The van der Waals surface area contributed by atoms with Crippen LogP contribution < -0.4 is 10.6 Å². The molecule has 2 N–H and O–H groups in total. The second kappa shape index (κ2) is 7.34. The van der Waals surface area contributed by atoms with Gasteiger partial charge in [0.1, 0.15) is 0 Å². The van der Waals surface area contributed by atoms with E-state index in [0.717, 1.165) is 25.9 Å². The normalized spacial score (nSPS) is 22.6. The molecule has 0 aromatic rings. The molecular weight excluding hydrogens is 200 g/mol. The predicted octanol–water partition coefficient (Wildman–Crippen LogP) is -0.0127. The van der Waals surface area contributed by atoms with Gasteiger partial charge in [-0.2, -0.15) is 0 Å². The van der Waals surface area contributed by atoms with Gasteiger partial charge in [0, 0.05) is 18.3 Å². The fourth-order valence-electron chi connectivity index (χ4n) is 1.77. The largest absolute Gasteiger partial charge is 0.772 e. The Hall–Kier alpha value is 0.0300. The average Bonchev–Trinajstić information content (AvgIpc) is 2.07. The van der Waals surface area contributed by atoms with Crippen LogP contribution in [-0.2, 0) is 11.1 Å². The Morgan fingerprint density at radius 3 is 2.57 bits per heavy atom. The van der Waals surface area contributed by atoms with E-state index in [-0.39, 0.29) is 5.75 Å². The molecule has 1 aliphatic rings. The molecule has 0 aromatic carbocycles. The van der Waals surface area contributed by atoms with Gasteiger partial charge < -0.3 is 15.2 Å². The zero-order valence-corrected chi connectivity index (χ0v) is 9.28. The van der Waals surface area contributed by atoms with Crippen LogP contribution in [0.5, 0.6) is 0 Å². The van der Waals surface area contributed by atoms with Crippen molar-refractivity contribution < 1.29 is 8.76 Å². The van der Waals surface area contributed by atoms with Crippen molar-refractivity contribution in [2.75, 3.05) is 25.4 Å². The molecule has 0 amide bonds. The fourth-order valence-corrected chi connectivity index (χ4v) is 2.05. The summed E-state index contributed by atoms with van der Waals surface area (Å²) in [5.41, 5.74) is 0. The summed E-state index contributed by atoms with van der Waals surface area (Å²) >= 11 is -1.90. The van der Waals surface area contributed by atoms with E-state index in [4.69, 9.17) is 0 Å². The second-order valence-electron chi connectivity index (χ2n) is 3.69. The zero-order chi connectivity index (χ0) is 10.2. The third-order valence-corrected chi connectivity index (χ3v) is 3.05. The van der Waals surface area contributed by atoms with Crippen molar-refractivity contribution in [1.82, 2.24) is 10.6 Å². The number of nitrogens with one attached hydrogen (secondary N) is 2. The third kappa shape index (κ3) is 5.70.